The third-order valence-corrected chi connectivity index (χ3v) is 5.73. The van der Waals surface area contributed by atoms with Crippen molar-refractivity contribution in [3.8, 4) is 5.75 Å². The Morgan fingerprint density at radius 3 is 2.73 bits per heavy atom. The van der Waals surface area contributed by atoms with Crippen LogP contribution in [0.25, 0.3) is 0 Å². The van der Waals surface area contributed by atoms with Crippen LogP contribution < -0.4 is 10.5 Å². The average molecular weight is 411 g/mol. The molecule has 2 atom stereocenters. The van der Waals surface area contributed by atoms with Crippen LogP contribution in [0.1, 0.15) is 36.7 Å². The molecule has 0 aliphatic carbocycles. The van der Waals surface area contributed by atoms with E-state index in [1.165, 1.54) is 0 Å². The first kappa shape index (κ1) is 20.7. The fourth-order valence-electron chi connectivity index (χ4n) is 3.87. The Balaban J connectivity index is 1.72. The summed E-state index contributed by atoms with van der Waals surface area (Å²) in [4.78, 5) is 6.87. The van der Waals surface area contributed by atoms with Crippen LogP contribution in [0, 0.1) is 0 Å². The predicted octanol–water partition coefficient (Wildman–Crippen LogP) is 1.91. The first-order valence-electron chi connectivity index (χ1n) is 10.4. The third-order valence-electron chi connectivity index (χ3n) is 5.73. The summed E-state index contributed by atoms with van der Waals surface area (Å²) in [5.41, 5.74) is 8.33. The molecule has 0 bridgehead atoms. The Hall–Kier alpha value is -2.55. The number of rotatable bonds is 6. The van der Waals surface area contributed by atoms with Crippen LogP contribution in [0.4, 0.5) is 0 Å². The fraction of sp³-hybridized carbons (Fsp3) is 0.500. The molecule has 0 amide bonds. The molecule has 2 unspecified atom stereocenters. The van der Waals surface area contributed by atoms with Gasteiger partial charge in [-0.05, 0) is 31.6 Å². The second-order valence-corrected chi connectivity index (χ2v) is 8.09. The van der Waals surface area contributed by atoms with Crippen LogP contribution in [0.15, 0.2) is 41.5 Å². The number of benzene rings is 1. The Bertz CT molecular complexity index is 915. The number of hydrogen-bond acceptors (Lipinski definition) is 7. The molecule has 30 heavy (non-hydrogen) atoms. The second kappa shape index (κ2) is 8.67. The first-order valence-corrected chi connectivity index (χ1v) is 10.4. The lowest BCUT2D eigenvalue weighted by Gasteiger charge is -2.30. The summed E-state index contributed by atoms with van der Waals surface area (Å²) in [6.07, 6.45) is 7.48. The third kappa shape index (κ3) is 4.03. The van der Waals surface area contributed by atoms with Crippen molar-refractivity contribution in [2.45, 2.75) is 38.0 Å². The maximum atomic E-state index is 5.98. The van der Waals surface area contributed by atoms with Gasteiger partial charge in [0.15, 0.2) is 0 Å². The van der Waals surface area contributed by atoms with Gasteiger partial charge < -0.3 is 15.2 Å². The normalized spacial score (nSPS) is 24.5. The fourth-order valence-corrected chi connectivity index (χ4v) is 3.87. The molecule has 2 aromatic rings. The van der Waals surface area contributed by atoms with Gasteiger partial charge in [-0.2, -0.15) is 0 Å². The summed E-state index contributed by atoms with van der Waals surface area (Å²) >= 11 is 0. The van der Waals surface area contributed by atoms with Crippen molar-refractivity contribution in [3.63, 3.8) is 0 Å². The average Bonchev–Trinajstić information content (AvgIpc) is 3.27. The maximum Gasteiger partial charge on any atom is 0.123 e. The molecule has 4 rings (SSSR count). The highest BCUT2D eigenvalue weighted by molar-refractivity contribution is 5.83. The summed E-state index contributed by atoms with van der Waals surface area (Å²) in [5.74, 6) is 0.853. The molecule has 2 aliphatic rings. The molecule has 2 aliphatic heterocycles. The van der Waals surface area contributed by atoms with Crippen molar-refractivity contribution < 1.29 is 9.47 Å². The van der Waals surface area contributed by atoms with Gasteiger partial charge in [-0.3, -0.25) is 9.89 Å². The molecule has 0 radical (unpaired) electrons. The van der Waals surface area contributed by atoms with Crippen LogP contribution in [0.2, 0.25) is 0 Å². The zero-order valence-electron chi connectivity index (χ0n) is 17.9. The number of aromatic nitrogens is 3. The molecular weight excluding hydrogens is 380 g/mol. The summed E-state index contributed by atoms with van der Waals surface area (Å²) in [7, 11) is 1.71. The lowest BCUT2D eigenvalue weighted by Crippen LogP contribution is -2.36. The summed E-state index contributed by atoms with van der Waals surface area (Å²) in [6, 6.07) is 6.56. The molecule has 1 fully saturated rings. The number of allylic oxidation sites excluding steroid dienone is 1. The van der Waals surface area contributed by atoms with Gasteiger partial charge in [-0.1, -0.05) is 23.4 Å². The largest absolute Gasteiger partial charge is 0.496 e. The van der Waals surface area contributed by atoms with Gasteiger partial charge >= 0.3 is 0 Å². The van der Waals surface area contributed by atoms with Gasteiger partial charge in [0.05, 0.1) is 31.9 Å². The van der Waals surface area contributed by atoms with E-state index >= 15 is 0 Å². The van der Waals surface area contributed by atoms with Crippen molar-refractivity contribution in [2.75, 3.05) is 33.4 Å². The standard InChI is InChI=1S/C22H30N6O2/c1-16(2)28-14-20(25-26-28)22(7-6-21(23)24-15-22)18-5-4-17(19(12-18)29-3)13-27-8-10-30-11-9-27/h4-7,12,14-16,21H,8-11,13,23H2,1-3H3. The van der Waals surface area contributed by atoms with Crippen LogP contribution in [-0.2, 0) is 16.7 Å². The Morgan fingerprint density at radius 1 is 1.30 bits per heavy atom. The van der Waals surface area contributed by atoms with Gasteiger partial charge in [-0.15, -0.1) is 5.10 Å². The van der Waals surface area contributed by atoms with Gasteiger partial charge in [0.1, 0.15) is 17.6 Å². The highest BCUT2D eigenvalue weighted by Gasteiger charge is 2.36. The number of nitrogens with two attached hydrogens (primary N) is 1. The minimum Gasteiger partial charge on any atom is -0.496 e. The van der Waals surface area contributed by atoms with Gasteiger partial charge in [0, 0.05) is 37.5 Å². The smallest absolute Gasteiger partial charge is 0.123 e. The van der Waals surface area contributed by atoms with Crippen molar-refractivity contribution in [1.29, 1.82) is 0 Å². The quantitative estimate of drug-likeness (QED) is 0.732. The van der Waals surface area contributed by atoms with Crippen LogP contribution in [0.5, 0.6) is 5.75 Å². The highest BCUT2D eigenvalue weighted by Crippen LogP contribution is 2.36. The van der Waals surface area contributed by atoms with Gasteiger partial charge in [0.2, 0.25) is 0 Å². The minimum atomic E-state index is -0.631. The number of dihydropyridines is 1. The van der Waals surface area contributed by atoms with Crippen LogP contribution >= 0.6 is 0 Å². The van der Waals surface area contributed by atoms with Crippen molar-refractivity contribution in [2.24, 2.45) is 10.7 Å². The van der Waals surface area contributed by atoms with Gasteiger partial charge in [0.25, 0.3) is 0 Å². The maximum absolute atomic E-state index is 5.98. The molecule has 0 saturated carbocycles. The number of morpholine rings is 1. The molecule has 3 heterocycles. The Morgan fingerprint density at radius 2 is 2.10 bits per heavy atom. The van der Waals surface area contributed by atoms with E-state index in [1.54, 1.807) is 7.11 Å². The second-order valence-electron chi connectivity index (χ2n) is 8.09. The van der Waals surface area contributed by atoms with Crippen molar-refractivity contribution in [3.05, 3.63) is 53.4 Å². The van der Waals surface area contributed by atoms with E-state index in [-0.39, 0.29) is 12.2 Å². The van der Waals surface area contributed by atoms with E-state index in [9.17, 15) is 0 Å². The molecule has 0 spiro atoms. The van der Waals surface area contributed by atoms with E-state index in [0.29, 0.717) is 0 Å². The SMILES string of the molecule is COc1cc(C2(c3cn(C(C)C)nn3)C=CC(N)N=C2)ccc1CN1CCOCC1. The van der Waals surface area contributed by atoms with E-state index in [4.69, 9.17) is 15.2 Å². The zero-order valence-corrected chi connectivity index (χ0v) is 17.9. The van der Waals surface area contributed by atoms with Crippen LogP contribution in [-0.4, -0.2) is 65.7 Å². The number of hydrogen-bond donors (Lipinski definition) is 1. The number of ether oxygens (including phenoxy) is 2. The number of methoxy groups -OCH3 is 1. The molecule has 2 N–H and O–H groups in total. The van der Waals surface area contributed by atoms with Crippen molar-refractivity contribution in [1.82, 2.24) is 19.9 Å². The first-order chi connectivity index (χ1) is 14.5. The Kier molecular flexibility index (Phi) is 5.99. The predicted molar refractivity (Wildman–Crippen MR) is 116 cm³/mol. The van der Waals surface area contributed by atoms with Crippen LogP contribution in [0.3, 0.4) is 0 Å². The molecule has 1 aromatic heterocycles. The summed E-state index contributed by atoms with van der Waals surface area (Å²) in [5, 5.41) is 8.78. The molecule has 160 valence electrons. The molecule has 1 aromatic carbocycles. The lowest BCUT2D eigenvalue weighted by molar-refractivity contribution is 0.0339. The lowest BCUT2D eigenvalue weighted by atomic mass is 9.77. The van der Waals surface area contributed by atoms with Gasteiger partial charge in [-0.25, -0.2) is 4.68 Å². The zero-order chi connectivity index (χ0) is 21.1. The molecular formula is C22H30N6O2. The van der Waals surface area contributed by atoms with E-state index in [0.717, 1.165) is 55.4 Å². The van der Waals surface area contributed by atoms with Crippen molar-refractivity contribution >= 4 is 6.21 Å². The topological polar surface area (TPSA) is 90.8 Å². The van der Waals surface area contributed by atoms with E-state index < -0.39 is 5.41 Å². The summed E-state index contributed by atoms with van der Waals surface area (Å²) in [6.45, 7) is 8.40. The monoisotopic (exact) mass is 410 g/mol. The molecule has 8 nitrogen and oxygen atoms in total. The molecule has 1 saturated heterocycles. The highest BCUT2D eigenvalue weighted by atomic mass is 16.5. The number of nitrogens with zero attached hydrogens (tertiary/aromatic N) is 5. The van der Waals surface area contributed by atoms with E-state index in [2.05, 4.69) is 58.3 Å². The summed E-state index contributed by atoms with van der Waals surface area (Å²) < 4.78 is 13.1. The Labute approximate surface area is 177 Å². The number of aliphatic imine (C=N–C) groups is 1. The van der Waals surface area contributed by atoms with E-state index in [1.807, 2.05) is 23.2 Å². The molecule has 8 heteroatoms. The minimum absolute atomic E-state index is 0.223.